The van der Waals surface area contributed by atoms with E-state index in [-0.39, 0.29) is 5.78 Å². The molecule has 0 spiro atoms. The molecule has 0 aliphatic heterocycles. The Balaban J connectivity index is 2.10. The first kappa shape index (κ1) is 9.40. The van der Waals surface area contributed by atoms with E-state index in [9.17, 15) is 4.79 Å². The van der Waals surface area contributed by atoms with Crippen molar-refractivity contribution in [2.24, 2.45) is 0 Å². The predicted molar refractivity (Wildman–Crippen MR) is 56.3 cm³/mol. The second-order valence-corrected chi connectivity index (χ2v) is 2.96. The Kier molecular flexibility index (Phi) is 2.74. The average molecular weight is 199 g/mol. The average Bonchev–Trinajstić information content (AvgIpc) is 2.81. The normalized spacial score (nSPS) is 10.7. The van der Waals surface area contributed by atoms with Crippen molar-refractivity contribution in [1.29, 1.82) is 0 Å². The van der Waals surface area contributed by atoms with Crippen molar-refractivity contribution in [3.8, 4) is 0 Å². The molecular formula is C12H9NO2. The minimum Gasteiger partial charge on any atom is -0.461 e. The third-order valence-corrected chi connectivity index (χ3v) is 1.90. The highest BCUT2D eigenvalue weighted by Gasteiger charge is 2.02. The Morgan fingerprint density at radius 3 is 2.73 bits per heavy atom. The molecule has 2 heterocycles. The van der Waals surface area contributed by atoms with Crippen LogP contribution in [0, 0.1) is 0 Å². The van der Waals surface area contributed by atoms with Crippen molar-refractivity contribution < 1.29 is 9.21 Å². The van der Waals surface area contributed by atoms with Gasteiger partial charge in [0.1, 0.15) is 0 Å². The second kappa shape index (κ2) is 4.37. The Hall–Kier alpha value is -2.16. The summed E-state index contributed by atoms with van der Waals surface area (Å²) in [6, 6.07) is 6.98. The van der Waals surface area contributed by atoms with Gasteiger partial charge in [-0.05, 0) is 35.9 Å². The Labute approximate surface area is 87.1 Å². The summed E-state index contributed by atoms with van der Waals surface area (Å²) < 4.78 is 4.97. The fraction of sp³-hybridized carbons (Fsp3) is 0. The van der Waals surface area contributed by atoms with Gasteiger partial charge in [-0.1, -0.05) is 6.08 Å². The number of aromatic nitrogens is 1. The lowest BCUT2D eigenvalue weighted by Crippen LogP contribution is -1.90. The van der Waals surface area contributed by atoms with Crippen LogP contribution in [0.3, 0.4) is 0 Å². The molecule has 3 heteroatoms. The first-order valence-corrected chi connectivity index (χ1v) is 4.52. The summed E-state index contributed by atoms with van der Waals surface area (Å²) >= 11 is 0. The standard InChI is InChI=1S/C12H9NO2/c14-11(12-2-1-9-15-12)4-3-10-5-7-13-8-6-10/h1-9H/b4-3-. The van der Waals surface area contributed by atoms with Crippen LogP contribution in [-0.2, 0) is 0 Å². The number of furan rings is 1. The van der Waals surface area contributed by atoms with Crippen LogP contribution in [0.1, 0.15) is 16.1 Å². The maximum Gasteiger partial charge on any atom is 0.221 e. The molecule has 3 nitrogen and oxygen atoms in total. The number of pyridine rings is 1. The molecule has 0 aliphatic carbocycles. The highest BCUT2D eigenvalue weighted by molar-refractivity contribution is 6.04. The summed E-state index contributed by atoms with van der Waals surface area (Å²) in [7, 11) is 0. The van der Waals surface area contributed by atoms with Crippen molar-refractivity contribution in [3.05, 3.63) is 60.3 Å². The molecule has 0 bridgehead atoms. The minimum atomic E-state index is -0.142. The first-order valence-electron chi connectivity index (χ1n) is 4.52. The third-order valence-electron chi connectivity index (χ3n) is 1.90. The van der Waals surface area contributed by atoms with Gasteiger partial charge in [0.25, 0.3) is 0 Å². The molecule has 0 N–H and O–H groups in total. The molecule has 0 radical (unpaired) electrons. The van der Waals surface area contributed by atoms with E-state index in [0.717, 1.165) is 5.56 Å². The van der Waals surface area contributed by atoms with E-state index in [1.54, 1.807) is 30.6 Å². The number of rotatable bonds is 3. The molecule has 74 valence electrons. The van der Waals surface area contributed by atoms with Gasteiger partial charge in [-0.3, -0.25) is 9.78 Å². The lowest BCUT2D eigenvalue weighted by Gasteiger charge is -1.90. The summed E-state index contributed by atoms with van der Waals surface area (Å²) in [5.41, 5.74) is 0.935. The zero-order chi connectivity index (χ0) is 10.5. The molecule has 0 atom stereocenters. The van der Waals surface area contributed by atoms with E-state index in [0.29, 0.717) is 5.76 Å². The monoisotopic (exact) mass is 199 g/mol. The number of ketones is 1. The summed E-state index contributed by atoms with van der Waals surface area (Å²) in [4.78, 5) is 15.4. The van der Waals surface area contributed by atoms with Crippen molar-refractivity contribution in [2.45, 2.75) is 0 Å². The van der Waals surface area contributed by atoms with Gasteiger partial charge in [0, 0.05) is 12.4 Å². The van der Waals surface area contributed by atoms with Crippen molar-refractivity contribution >= 4 is 11.9 Å². The number of carbonyl (C=O) groups excluding carboxylic acids is 1. The van der Waals surface area contributed by atoms with Gasteiger partial charge in [0.2, 0.25) is 5.78 Å². The Morgan fingerprint density at radius 1 is 1.27 bits per heavy atom. The van der Waals surface area contributed by atoms with Gasteiger partial charge >= 0.3 is 0 Å². The quantitative estimate of drug-likeness (QED) is 0.563. The van der Waals surface area contributed by atoms with Crippen molar-refractivity contribution in [3.63, 3.8) is 0 Å². The molecule has 0 saturated heterocycles. The number of nitrogens with zero attached hydrogens (tertiary/aromatic N) is 1. The van der Waals surface area contributed by atoms with Crippen LogP contribution in [-0.4, -0.2) is 10.8 Å². The fourth-order valence-electron chi connectivity index (χ4n) is 1.15. The highest BCUT2D eigenvalue weighted by atomic mass is 16.3. The second-order valence-electron chi connectivity index (χ2n) is 2.96. The number of carbonyl (C=O) groups is 1. The molecule has 0 aromatic carbocycles. The summed E-state index contributed by atoms with van der Waals surface area (Å²) in [6.07, 6.45) is 8.04. The van der Waals surface area contributed by atoms with Crippen molar-refractivity contribution in [1.82, 2.24) is 4.98 Å². The SMILES string of the molecule is O=C(/C=C\c1ccncc1)c1ccco1. The van der Waals surface area contributed by atoms with Gasteiger partial charge in [-0.15, -0.1) is 0 Å². The van der Waals surface area contributed by atoms with Gasteiger partial charge in [0.15, 0.2) is 5.76 Å². The summed E-state index contributed by atoms with van der Waals surface area (Å²) in [6.45, 7) is 0. The molecule has 0 amide bonds. The molecule has 2 aromatic rings. The Morgan fingerprint density at radius 2 is 2.07 bits per heavy atom. The van der Waals surface area contributed by atoms with E-state index in [2.05, 4.69) is 4.98 Å². The number of hydrogen-bond donors (Lipinski definition) is 0. The van der Waals surface area contributed by atoms with E-state index in [1.165, 1.54) is 12.3 Å². The maximum atomic E-state index is 11.5. The minimum absolute atomic E-state index is 0.142. The number of hydrogen-bond acceptors (Lipinski definition) is 3. The van der Waals surface area contributed by atoms with Crippen LogP contribution in [0.25, 0.3) is 6.08 Å². The zero-order valence-corrected chi connectivity index (χ0v) is 7.96. The van der Waals surface area contributed by atoms with Crippen LogP contribution in [0.4, 0.5) is 0 Å². The zero-order valence-electron chi connectivity index (χ0n) is 7.96. The topological polar surface area (TPSA) is 43.1 Å². The largest absolute Gasteiger partial charge is 0.461 e. The predicted octanol–water partition coefficient (Wildman–Crippen LogP) is 2.57. The van der Waals surface area contributed by atoms with Crippen LogP contribution in [0.15, 0.2) is 53.4 Å². The lowest BCUT2D eigenvalue weighted by molar-refractivity contribution is 0.102. The summed E-state index contributed by atoms with van der Waals surface area (Å²) in [5.74, 6) is 0.206. The van der Waals surface area contributed by atoms with Gasteiger partial charge < -0.3 is 4.42 Å². The molecule has 0 fully saturated rings. The summed E-state index contributed by atoms with van der Waals surface area (Å²) in [5, 5.41) is 0. The van der Waals surface area contributed by atoms with Crippen LogP contribution in [0.5, 0.6) is 0 Å². The van der Waals surface area contributed by atoms with Gasteiger partial charge in [-0.25, -0.2) is 0 Å². The van der Waals surface area contributed by atoms with E-state index < -0.39 is 0 Å². The molecule has 15 heavy (non-hydrogen) atoms. The lowest BCUT2D eigenvalue weighted by atomic mass is 10.2. The fourth-order valence-corrected chi connectivity index (χ4v) is 1.15. The van der Waals surface area contributed by atoms with Gasteiger partial charge in [-0.2, -0.15) is 0 Å². The van der Waals surface area contributed by atoms with Crippen LogP contribution >= 0.6 is 0 Å². The maximum absolute atomic E-state index is 11.5. The first-order chi connectivity index (χ1) is 7.36. The Bertz CT molecular complexity index is 458. The van der Waals surface area contributed by atoms with E-state index in [1.807, 2.05) is 12.1 Å². The van der Waals surface area contributed by atoms with E-state index in [4.69, 9.17) is 4.42 Å². The molecule has 2 aromatic heterocycles. The smallest absolute Gasteiger partial charge is 0.221 e. The highest BCUT2D eigenvalue weighted by Crippen LogP contribution is 2.05. The number of allylic oxidation sites excluding steroid dienone is 1. The van der Waals surface area contributed by atoms with Crippen molar-refractivity contribution in [2.75, 3.05) is 0 Å². The van der Waals surface area contributed by atoms with Gasteiger partial charge in [0.05, 0.1) is 6.26 Å². The van der Waals surface area contributed by atoms with E-state index >= 15 is 0 Å². The molecule has 0 saturated carbocycles. The van der Waals surface area contributed by atoms with Crippen LogP contribution in [0.2, 0.25) is 0 Å². The third kappa shape index (κ3) is 2.40. The molecule has 2 rings (SSSR count). The molecule has 0 unspecified atom stereocenters. The molecule has 0 aliphatic rings. The molecular weight excluding hydrogens is 190 g/mol. The van der Waals surface area contributed by atoms with Crippen LogP contribution < -0.4 is 0 Å².